The maximum absolute atomic E-state index is 12.6. The highest BCUT2D eigenvalue weighted by molar-refractivity contribution is 6.08. The molecule has 1 aromatic carbocycles. The number of carbonyl (C=O) groups excluding carboxylic acids is 3. The van der Waals surface area contributed by atoms with Gasteiger partial charge in [-0.2, -0.15) is 5.01 Å². The van der Waals surface area contributed by atoms with Crippen LogP contribution in [-0.4, -0.2) is 35.0 Å². The van der Waals surface area contributed by atoms with E-state index in [0.29, 0.717) is 18.6 Å². The quantitative estimate of drug-likeness (QED) is 0.791. The molecule has 2 N–H and O–H groups in total. The number of nitrogens with zero attached hydrogens (tertiary/aromatic N) is 1. The van der Waals surface area contributed by atoms with Crippen molar-refractivity contribution in [3.63, 3.8) is 0 Å². The average Bonchev–Trinajstić information content (AvgIpc) is 2.85. The Morgan fingerprint density at radius 2 is 1.92 bits per heavy atom. The molecule has 0 atom stereocenters. The van der Waals surface area contributed by atoms with Gasteiger partial charge in [0.2, 0.25) is 0 Å². The van der Waals surface area contributed by atoms with Gasteiger partial charge in [-0.05, 0) is 30.4 Å². The van der Waals surface area contributed by atoms with Crippen LogP contribution in [0.1, 0.15) is 57.4 Å². The number of amides is 4. The SMILES string of the molecule is CC(C)c1ccccc1OCC(=O)NN1C(=O)NC2(CCCCC2)C1=O. The lowest BCUT2D eigenvalue weighted by atomic mass is 9.82. The number of benzene rings is 1. The second-order valence-corrected chi connectivity index (χ2v) is 7.23. The fourth-order valence-corrected chi connectivity index (χ4v) is 3.61. The first-order chi connectivity index (χ1) is 12.4. The summed E-state index contributed by atoms with van der Waals surface area (Å²) in [6, 6.07) is 6.92. The van der Waals surface area contributed by atoms with E-state index in [1.807, 2.05) is 32.0 Å². The Morgan fingerprint density at radius 1 is 1.23 bits per heavy atom. The van der Waals surface area contributed by atoms with Gasteiger partial charge in [0, 0.05) is 0 Å². The van der Waals surface area contributed by atoms with E-state index in [0.717, 1.165) is 29.8 Å². The normalized spacial score (nSPS) is 19.0. The molecule has 0 bridgehead atoms. The van der Waals surface area contributed by atoms with Gasteiger partial charge >= 0.3 is 6.03 Å². The molecule has 1 aliphatic carbocycles. The van der Waals surface area contributed by atoms with Gasteiger partial charge in [0.05, 0.1) is 0 Å². The van der Waals surface area contributed by atoms with E-state index in [4.69, 9.17) is 4.74 Å². The topological polar surface area (TPSA) is 87.7 Å². The molecule has 4 amide bonds. The van der Waals surface area contributed by atoms with Crippen molar-refractivity contribution >= 4 is 17.8 Å². The number of rotatable bonds is 5. The Labute approximate surface area is 153 Å². The molecule has 0 radical (unpaired) electrons. The molecule has 1 aromatic rings. The van der Waals surface area contributed by atoms with Crippen molar-refractivity contribution in [2.75, 3.05) is 6.61 Å². The molecule has 1 spiro atoms. The largest absolute Gasteiger partial charge is 0.483 e. The van der Waals surface area contributed by atoms with Crippen LogP contribution in [0.5, 0.6) is 5.75 Å². The first-order valence-electron chi connectivity index (χ1n) is 9.11. The summed E-state index contributed by atoms with van der Waals surface area (Å²) >= 11 is 0. The number of hydrazine groups is 1. The third kappa shape index (κ3) is 3.52. The van der Waals surface area contributed by atoms with Crippen LogP contribution in [0.15, 0.2) is 24.3 Å². The lowest BCUT2D eigenvalue weighted by Crippen LogP contribution is -2.51. The van der Waals surface area contributed by atoms with Crippen molar-refractivity contribution in [1.29, 1.82) is 0 Å². The Balaban J connectivity index is 1.60. The zero-order chi connectivity index (χ0) is 18.7. The Bertz CT molecular complexity index is 710. The van der Waals surface area contributed by atoms with E-state index in [-0.39, 0.29) is 18.4 Å². The molecule has 7 heteroatoms. The first-order valence-corrected chi connectivity index (χ1v) is 9.11. The summed E-state index contributed by atoms with van der Waals surface area (Å²) in [4.78, 5) is 37.0. The Hall–Kier alpha value is -2.57. The summed E-state index contributed by atoms with van der Waals surface area (Å²) in [7, 11) is 0. The highest BCUT2D eigenvalue weighted by atomic mass is 16.5. The van der Waals surface area contributed by atoms with Gasteiger partial charge in [0.25, 0.3) is 11.8 Å². The minimum atomic E-state index is -0.853. The second-order valence-electron chi connectivity index (χ2n) is 7.23. The maximum Gasteiger partial charge on any atom is 0.344 e. The molecular weight excluding hydrogens is 334 g/mol. The van der Waals surface area contributed by atoms with Crippen molar-refractivity contribution in [3.8, 4) is 5.75 Å². The summed E-state index contributed by atoms with van der Waals surface area (Å²) in [6.07, 6.45) is 4.07. The van der Waals surface area contributed by atoms with E-state index in [1.54, 1.807) is 6.07 Å². The number of urea groups is 1. The van der Waals surface area contributed by atoms with E-state index in [2.05, 4.69) is 10.7 Å². The zero-order valence-corrected chi connectivity index (χ0v) is 15.2. The van der Waals surface area contributed by atoms with Gasteiger partial charge in [0.1, 0.15) is 11.3 Å². The summed E-state index contributed by atoms with van der Waals surface area (Å²) in [5.74, 6) is -0.0389. The maximum atomic E-state index is 12.6. The molecule has 1 saturated carbocycles. The summed E-state index contributed by atoms with van der Waals surface area (Å²) in [6.45, 7) is 3.81. The number of imide groups is 1. The molecule has 1 aliphatic heterocycles. The molecule has 140 valence electrons. The fraction of sp³-hybridized carbons (Fsp3) is 0.526. The van der Waals surface area contributed by atoms with Crippen LogP contribution in [-0.2, 0) is 9.59 Å². The minimum Gasteiger partial charge on any atom is -0.483 e. The van der Waals surface area contributed by atoms with Crippen LogP contribution in [0.3, 0.4) is 0 Å². The molecule has 26 heavy (non-hydrogen) atoms. The van der Waals surface area contributed by atoms with Gasteiger partial charge in [-0.25, -0.2) is 4.79 Å². The second kappa shape index (κ2) is 7.35. The summed E-state index contributed by atoms with van der Waals surface area (Å²) in [5.41, 5.74) is 2.52. The third-order valence-corrected chi connectivity index (χ3v) is 5.01. The lowest BCUT2D eigenvalue weighted by Gasteiger charge is -2.30. The van der Waals surface area contributed by atoms with Crippen LogP contribution in [0.25, 0.3) is 0 Å². The van der Waals surface area contributed by atoms with Gasteiger partial charge in [-0.1, -0.05) is 51.3 Å². The van der Waals surface area contributed by atoms with E-state index >= 15 is 0 Å². The van der Waals surface area contributed by atoms with Crippen molar-refractivity contribution in [1.82, 2.24) is 15.8 Å². The predicted molar refractivity (Wildman–Crippen MR) is 95.4 cm³/mol. The zero-order valence-electron chi connectivity index (χ0n) is 15.2. The Kier molecular flexibility index (Phi) is 5.15. The molecular formula is C19H25N3O4. The minimum absolute atomic E-state index is 0.256. The molecule has 2 fully saturated rings. The number of hydrogen-bond donors (Lipinski definition) is 2. The van der Waals surface area contributed by atoms with Gasteiger partial charge < -0.3 is 10.1 Å². The van der Waals surface area contributed by atoms with E-state index in [9.17, 15) is 14.4 Å². The molecule has 1 saturated heterocycles. The van der Waals surface area contributed by atoms with Crippen molar-refractivity contribution < 1.29 is 19.1 Å². The molecule has 3 rings (SSSR count). The number of nitrogens with one attached hydrogen (secondary N) is 2. The smallest absolute Gasteiger partial charge is 0.344 e. The summed E-state index contributed by atoms with van der Waals surface area (Å²) < 4.78 is 5.60. The highest BCUT2D eigenvalue weighted by Gasteiger charge is 2.52. The number of para-hydroxylation sites is 1. The Morgan fingerprint density at radius 3 is 2.62 bits per heavy atom. The van der Waals surface area contributed by atoms with Crippen LogP contribution in [0.2, 0.25) is 0 Å². The van der Waals surface area contributed by atoms with Crippen molar-refractivity contribution in [3.05, 3.63) is 29.8 Å². The lowest BCUT2D eigenvalue weighted by molar-refractivity contribution is -0.140. The molecule has 0 aromatic heterocycles. The number of carbonyl (C=O) groups is 3. The van der Waals surface area contributed by atoms with Crippen LogP contribution in [0, 0.1) is 0 Å². The van der Waals surface area contributed by atoms with Gasteiger partial charge in [-0.15, -0.1) is 0 Å². The molecule has 2 aliphatic rings. The van der Waals surface area contributed by atoms with Gasteiger partial charge in [-0.3, -0.25) is 15.0 Å². The van der Waals surface area contributed by atoms with Crippen molar-refractivity contribution in [2.24, 2.45) is 0 Å². The van der Waals surface area contributed by atoms with Gasteiger partial charge in [0.15, 0.2) is 6.61 Å². The molecule has 7 nitrogen and oxygen atoms in total. The number of hydrogen-bond acceptors (Lipinski definition) is 4. The molecule has 1 heterocycles. The van der Waals surface area contributed by atoms with E-state index in [1.165, 1.54) is 0 Å². The fourth-order valence-electron chi connectivity index (χ4n) is 3.61. The van der Waals surface area contributed by atoms with Crippen LogP contribution >= 0.6 is 0 Å². The predicted octanol–water partition coefficient (Wildman–Crippen LogP) is 2.47. The molecule has 0 unspecified atom stereocenters. The van der Waals surface area contributed by atoms with Crippen molar-refractivity contribution in [2.45, 2.75) is 57.4 Å². The monoisotopic (exact) mass is 359 g/mol. The van der Waals surface area contributed by atoms with Crippen LogP contribution < -0.4 is 15.5 Å². The summed E-state index contributed by atoms with van der Waals surface area (Å²) in [5, 5.41) is 3.55. The average molecular weight is 359 g/mol. The number of ether oxygens (including phenoxy) is 1. The van der Waals surface area contributed by atoms with Crippen LogP contribution in [0.4, 0.5) is 4.79 Å². The highest BCUT2D eigenvalue weighted by Crippen LogP contribution is 2.33. The third-order valence-electron chi connectivity index (χ3n) is 5.01. The standard InChI is InChI=1S/C19H25N3O4/c1-13(2)14-8-4-5-9-15(14)26-12-16(23)21-22-17(24)19(20-18(22)25)10-6-3-7-11-19/h4-5,8-9,13H,3,6-7,10-12H2,1-2H3,(H,20,25)(H,21,23). The first kappa shape index (κ1) is 18.2. The van der Waals surface area contributed by atoms with E-state index < -0.39 is 17.5 Å².